The molecule has 4 atom stereocenters. The van der Waals surface area contributed by atoms with Gasteiger partial charge in [0.05, 0.1) is 19.3 Å². The first kappa shape index (κ1) is 19.0. The van der Waals surface area contributed by atoms with Gasteiger partial charge in [0.2, 0.25) is 5.95 Å². The third kappa shape index (κ3) is 3.69. The normalized spacial score (nSPS) is 25.3. The molecule has 11 nitrogen and oxygen atoms in total. The number of aliphatic imine (C=N–C) groups is 1. The van der Waals surface area contributed by atoms with Crippen molar-refractivity contribution in [1.82, 2.24) is 24.4 Å². The Hall–Kier alpha value is -2.78. The van der Waals surface area contributed by atoms with E-state index in [9.17, 15) is 15.0 Å². The van der Waals surface area contributed by atoms with Crippen molar-refractivity contribution < 1.29 is 19.7 Å². The minimum Gasteiger partial charge on any atom is -0.394 e. The highest BCUT2D eigenvalue weighted by Gasteiger charge is 2.45. The van der Waals surface area contributed by atoms with Gasteiger partial charge in [-0.25, -0.2) is 9.98 Å². The smallest absolute Gasteiger partial charge is 0.280 e. The Morgan fingerprint density at radius 3 is 3.04 bits per heavy atom. The number of hydrogen-bond donors (Lipinski definition) is 3. The molecular weight excluding hydrogens is 356 g/mol. The van der Waals surface area contributed by atoms with Gasteiger partial charge in [0.15, 0.2) is 17.4 Å². The van der Waals surface area contributed by atoms with Crippen molar-refractivity contribution in [2.75, 3.05) is 27.3 Å². The number of terminal acetylenes is 1. The number of aliphatic hydroxyl groups excluding tert-OH is 2. The van der Waals surface area contributed by atoms with E-state index in [2.05, 4.69) is 25.9 Å². The molecule has 0 radical (unpaired) electrons. The Morgan fingerprint density at radius 2 is 2.37 bits per heavy atom. The number of ether oxygens (including phenoxy) is 2. The van der Waals surface area contributed by atoms with E-state index in [1.165, 1.54) is 17.2 Å². The van der Waals surface area contributed by atoms with Gasteiger partial charge in [0.25, 0.3) is 5.56 Å². The summed E-state index contributed by atoms with van der Waals surface area (Å²) in [4.78, 5) is 28.9. The summed E-state index contributed by atoms with van der Waals surface area (Å²) < 4.78 is 12.7. The first-order valence-electron chi connectivity index (χ1n) is 8.13. The summed E-state index contributed by atoms with van der Waals surface area (Å²) >= 11 is 0. The van der Waals surface area contributed by atoms with Gasteiger partial charge < -0.3 is 24.6 Å². The van der Waals surface area contributed by atoms with E-state index < -0.39 is 36.7 Å². The van der Waals surface area contributed by atoms with E-state index in [1.807, 2.05) is 0 Å². The van der Waals surface area contributed by atoms with Crippen molar-refractivity contribution in [3.05, 3.63) is 16.7 Å². The summed E-state index contributed by atoms with van der Waals surface area (Å²) in [5.74, 6) is 2.41. The van der Waals surface area contributed by atoms with Crippen LogP contribution in [0.25, 0.3) is 11.2 Å². The van der Waals surface area contributed by atoms with Crippen LogP contribution in [0.4, 0.5) is 5.95 Å². The van der Waals surface area contributed by atoms with E-state index in [0.29, 0.717) is 0 Å². The highest BCUT2D eigenvalue weighted by Crippen LogP contribution is 2.33. The third-order valence-electron chi connectivity index (χ3n) is 3.96. The highest BCUT2D eigenvalue weighted by atomic mass is 16.6. The van der Waals surface area contributed by atoms with E-state index >= 15 is 0 Å². The van der Waals surface area contributed by atoms with E-state index in [-0.39, 0.29) is 23.7 Å². The van der Waals surface area contributed by atoms with Crippen molar-refractivity contribution in [3.63, 3.8) is 0 Å². The van der Waals surface area contributed by atoms with Crippen molar-refractivity contribution in [2.45, 2.75) is 24.5 Å². The fourth-order valence-electron chi connectivity index (χ4n) is 2.75. The Kier molecular flexibility index (Phi) is 5.52. The molecule has 3 heterocycles. The summed E-state index contributed by atoms with van der Waals surface area (Å²) in [6.07, 6.45) is 4.34. The number of nitrogens with zero attached hydrogens (tertiary/aromatic N) is 5. The summed E-state index contributed by atoms with van der Waals surface area (Å²) in [6.45, 7) is -0.467. The van der Waals surface area contributed by atoms with Crippen LogP contribution in [0.3, 0.4) is 0 Å². The number of aromatic amines is 1. The SMILES string of the molecule is C#CCO[C@@H]1[C@H](O)[C@@H](CO)O[C@H]1n1cnc2c(=O)[nH]c(/N=C/N(C)C)nc21. The van der Waals surface area contributed by atoms with Crippen molar-refractivity contribution in [2.24, 2.45) is 4.99 Å². The average Bonchev–Trinajstić information content (AvgIpc) is 3.19. The van der Waals surface area contributed by atoms with Crippen LogP contribution in [-0.2, 0) is 9.47 Å². The van der Waals surface area contributed by atoms with Crippen LogP contribution < -0.4 is 5.56 Å². The summed E-state index contributed by atoms with van der Waals surface area (Å²) in [5, 5.41) is 19.8. The molecule has 1 fully saturated rings. The summed E-state index contributed by atoms with van der Waals surface area (Å²) in [5.41, 5.74) is -0.183. The van der Waals surface area contributed by atoms with Crippen LogP contribution in [0, 0.1) is 12.3 Å². The predicted octanol–water partition coefficient (Wildman–Crippen LogP) is -1.39. The Labute approximate surface area is 154 Å². The second kappa shape index (κ2) is 7.85. The zero-order valence-corrected chi connectivity index (χ0v) is 14.8. The first-order valence-corrected chi connectivity index (χ1v) is 8.13. The van der Waals surface area contributed by atoms with Gasteiger partial charge in [-0.3, -0.25) is 14.3 Å². The fraction of sp³-hybridized carbons (Fsp3) is 0.500. The second-order valence-electron chi connectivity index (χ2n) is 6.14. The molecule has 0 spiro atoms. The number of imidazole rings is 1. The van der Waals surface area contributed by atoms with Crippen LogP contribution in [0.2, 0.25) is 0 Å². The number of rotatable bonds is 6. The summed E-state index contributed by atoms with van der Waals surface area (Å²) in [6, 6.07) is 0. The van der Waals surface area contributed by atoms with Gasteiger partial charge in [-0.2, -0.15) is 4.98 Å². The van der Waals surface area contributed by atoms with E-state index in [4.69, 9.17) is 15.9 Å². The van der Waals surface area contributed by atoms with Gasteiger partial charge >= 0.3 is 0 Å². The van der Waals surface area contributed by atoms with Crippen LogP contribution in [0.1, 0.15) is 6.23 Å². The maximum atomic E-state index is 12.3. The number of nitrogens with one attached hydrogen (secondary N) is 1. The maximum Gasteiger partial charge on any atom is 0.280 e. The number of fused-ring (bicyclic) bond motifs is 1. The van der Waals surface area contributed by atoms with Crippen molar-refractivity contribution in [1.29, 1.82) is 0 Å². The zero-order chi connectivity index (χ0) is 19.6. The topological polar surface area (TPSA) is 138 Å². The predicted molar refractivity (Wildman–Crippen MR) is 95.6 cm³/mol. The van der Waals surface area contributed by atoms with Gasteiger partial charge in [-0.05, 0) is 0 Å². The Bertz CT molecular complexity index is 930. The molecule has 0 aromatic carbocycles. The molecule has 11 heteroatoms. The molecule has 27 heavy (non-hydrogen) atoms. The lowest BCUT2D eigenvalue weighted by atomic mass is 10.1. The highest BCUT2D eigenvalue weighted by molar-refractivity contribution is 5.71. The number of aromatic nitrogens is 4. The number of hydrogen-bond acceptors (Lipinski definition) is 8. The van der Waals surface area contributed by atoms with Crippen molar-refractivity contribution >= 4 is 23.5 Å². The average molecular weight is 376 g/mol. The molecule has 1 saturated heterocycles. The van der Waals surface area contributed by atoms with Crippen LogP contribution in [0.5, 0.6) is 0 Å². The molecule has 1 aliphatic heterocycles. The third-order valence-corrected chi connectivity index (χ3v) is 3.96. The molecule has 2 aromatic rings. The van der Waals surface area contributed by atoms with E-state index in [1.54, 1.807) is 19.0 Å². The zero-order valence-electron chi connectivity index (χ0n) is 14.8. The van der Waals surface area contributed by atoms with Gasteiger partial charge in [0.1, 0.15) is 24.9 Å². The van der Waals surface area contributed by atoms with Gasteiger partial charge in [-0.15, -0.1) is 6.42 Å². The Balaban J connectivity index is 2.04. The summed E-state index contributed by atoms with van der Waals surface area (Å²) in [7, 11) is 3.56. The molecule has 0 aliphatic carbocycles. The molecule has 0 amide bonds. The first-order chi connectivity index (χ1) is 13.0. The Morgan fingerprint density at radius 1 is 1.59 bits per heavy atom. The molecular formula is C16H20N6O5. The lowest BCUT2D eigenvalue weighted by Crippen LogP contribution is -2.35. The number of H-pyrrole nitrogens is 1. The molecule has 0 unspecified atom stereocenters. The second-order valence-corrected chi connectivity index (χ2v) is 6.14. The molecule has 3 rings (SSSR count). The van der Waals surface area contributed by atoms with Gasteiger partial charge in [-0.1, -0.05) is 5.92 Å². The van der Waals surface area contributed by atoms with Crippen molar-refractivity contribution in [3.8, 4) is 12.3 Å². The van der Waals surface area contributed by atoms with Crippen LogP contribution in [0.15, 0.2) is 16.1 Å². The minimum absolute atomic E-state index is 0.0568. The molecule has 0 saturated carbocycles. The number of aliphatic hydroxyl groups is 2. The molecule has 0 bridgehead atoms. The monoisotopic (exact) mass is 376 g/mol. The van der Waals surface area contributed by atoms with E-state index in [0.717, 1.165) is 0 Å². The van der Waals surface area contributed by atoms with Gasteiger partial charge in [0, 0.05) is 14.1 Å². The fourth-order valence-corrected chi connectivity index (χ4v) is 2.75. The lowest BCUT2D eigenvalue weighted by Gasteiger charge is -2.21. The molecule has 2 aromatic heterocycles. The molecule has 3 N–H and O–H groups in total. The molecule has 144 valence electrons. The maximum absolute atomic E-state index is 12.3. The lowest BCUT2D eigenvalue weighted by molar-refractivity contribution is -0.0636. The largest absolute Gasteiger partial charge is 0.394 e. The van der Waals surface area contributed by atoms with Crippen LogP contribution >= 0.6 is 0 Å². The van der Waals surface area contributed by atoms with Crippen LogP contribution in [-0.4, -0.2) is 86.6 Å². The molecule has 1 aliphatic rings. The minimum atomic E-state index is -1.11. The standard InChI is InChI=1S/C16H20N6O5/c1-4-5-26-12-11(24)9(6-23)27-15(12)22-8-17-10-13(22)19-16(20-14(10)25)18-7-21(2)3/h1,7-9,11-12,15,23-24H,5-6H2,2-3H3,(H,19,20,25)/b18-7+/t9-,11-,12-,15-/m1/s1. The quantitative estimate of drug-likeness (QED) is 0.318.